The first-order valence-corrected chi connectivity index (χ1v) is 13.3. The van der Waals surface area contributed by atoms with E-state index in [0.717, 1.165) is 0 Å². The molecule has 1 fully saturated rings. The normalized spacial score (nSPS) is 19.8. The number of aliphatic hydroxyl groups excluding tert-OH is 1. The molecule has 0 spiro atoms. The summed E-state index contributed by atoms with van der Waals surface area (Å²) in [5, 5.41) is 22.9. The quantitative estimate of drug-likeness (QED) is 0.380. The minimum Gasteiger partial charge on any atom is -0.394 e. The van der Waals surface area contributed by atoms with E-state index in [-0.39, 0.29) is 42.7 Å². The van der Waals surface area contributed by atoms with Gasteiger partial charge >= 0.3 is 6.18 Å². The van der Waals surface area contributed by atoms with Crippen LogP contribution in [0.4, 0.5) is 18.9 Å². The van der Waals surface area contributed by atoms with Crippen LogP contribution in [-0.4, -0.2) is 73.5 Å². The Labute approximate surface area is 215 Å². The lowest BCUT2D eigenvalue weighted by atomic mass is 9.95. The second kappa shape index (κ2) is 10.5. The molecule has 1 aliphatic rings. The van der Waals surface area contributed by atoms with Crippen LogP contribution in [0.2, 0.25) is 0 Å². The summed E-state index contributed by atoms with van der Waals surface area (Å²) >= 11 is 4.30. The Hall–Kier alpha value is -1.83. The van der Waals surface area contributed by atoms with Crippen LogP contribution >= 0.6 is 12.6 Å². The fraction of sp³-hybridized carbons (Fsp3) is 0.500. The van der Waals surface area contributed by atoms with Gasteiger partial charge in [0.1, 0.15) is 0 Å². The highest BCUT2D eigenvalue weighted by Crippen LogP contribution is 2.39. The van der Waals surface area contributed by atoms with E-state index in [4.69, 9.17) is 0 Å². The summed E-state index contributed by atoms with van der Waals surface area (Å²) in [5.41, 5.74) is -3.32. The molecule has 200 valence electrons. The number of benzene rings is 2. The number of alkyl halides is 3. The molecule has 0 radical (unpaired) electrons. The van der Waals surface area contributed by atoms with E-state index in [1.807, 2.05) is 4.90 Å². The summed E-state index contributed by atoms with van der Waals surface area (Å²) in [6, 6.07) is 11.5. The topological polar surface area (TPSA) is 93.1 Å². The SMILES string of the molecule is CC(C)(CO)NC[C@@H]1CN(S(=O)(=O)c2ccccc2S)CCN1c1ccc([C@@](C)(O)C(F)(F)F)cc1. The number of hydrogen-bond acceptors (Lipinski definition) is 7. The molecule has 2 aromatic carbocycles. The molecule has 2 atom stereocenters. The number of hydrogen-bond donors (Lipinski definition) is 4. The third kappa shape index (κ3) is 6.00. The number of piperazine rings is 1. The molecule has 0 aromatic heterocycles. The van der Waals surface area contributed by atoms with Gasteiger partial charge in [0.2, 0.25) is 10.0 Å². The predicted octanol–water partition coefficient (Wildman–Crippen LogP) is 2.99. The van der Waals surface area contributed by atoms with Crippen LogP contribution in [0.25, 0.3) is 0 Å². The summed E-state index contributed by atoms with van der Waals surface area (Å²) < 4.78 is 67.9. The summed E-state index contributed by atoms with van der Waals surface area (Å²) in [6.45, 7) is 5.04. The lowest BCUT2D eigenvalue weighted by Gasteiger charge is -2.43. The molecule has 0 saturated carbocycles. The lowest BCUT2D eigenvalue weighted by Crippen LogP contribution is -2.60. The maximum absolute atomic E-state index is 13.4. The van der Waals surface area contributed by atoms with Crippen LogP contribution in [0.5, 0.6) is 0 Å². The van der Waals surface area contributed by atoms with Crippen molar-refractivity contribution >= 4 is 28.3 Å². The van der Waals surface area contributed by atoms with Gasteiger partial charge in [-0.15, -0.1) is 12.6 Å². The third-order valence-electron chi connectivity index (χ3n) is 6.45. The zero-order valence-electron chi connectivity index (χ0n) is 20.3. The van der Waals surface area contributed by atoms with Gasteiger partial charge in [0.05, 0.1) is 17.5 Å². The van der Waals surface area contributed by atoms with Crippen molar-refractivity contribution in [3.8, 4) is 0 Å². The molecule has 12 heteroatoms. The molecule has 0 amide bonds. The smallest absolute Gasteiger partial charge is 0.394 e. The summed E-state index contributed by atoms with van der Waals surface area (Å²) in [5.74, 6) is 0. The molecule has 0 unspecified atom stereocenters. The van der Waals surface area contributed by atoms with E-state index in [9.17, 15) is 31.8 Å². The molecule has 3 N–H and O–H groups in total. The molecular weight excluding hydrogens is 515 g/mol. The Balaban J connectivity index is 1.90. The highest BCUT2D eigenvalue weighted by Gasteiger charge is 2.51. The van der Waals surface area contributed by atoms with Crippen LogP contribution in [-0.2, 0) is 15.6 Å². The first-order valence-electron chi connectivity index (χ1n) is 11.4. The Kier molecular flexibility index (Phi) is 8.38. The van der Waals surface area contributed by atoms with Gasteiger partial charge < -0.3 is 20.4 Å². The standard InChI is InChI=1S/C24H32F3N3O4S2/c1-22(2,16-31)28-14-19-15-29(36(33,34)21-7-5-4-6-20(21)35)12-13-30(19)18-10-8-17(9-11-18)23(3,32)24(25,26)27/h4-11,19,28,31-32,35H,12-16H2,1-3H3/t19-,23-/m1/s1. The monoisotopic (exact) mass is 547 g/mol. The van der Waals surface area contributed by atoms with Crippen molar-refractivity contribution in [3.05, 3.63) is 54.1 Å². The van der Waals surface area contributed by atoms with Gasteiger partial charge in [-0.1, -0.05) is 24.3 Å². The molecule has 1 saturated heterocycles. The lowest BCUT2D eigenvalue weighted by molar-refractivity contribution is -0.258. The fourth-order valence-electron chi connectivity index (χ4n) is 3.97. The van der Waals surface area contributed by atoms with Gasteiger partial charge in [0.25, 0.3) is 0 Å². The molecule has 7 nitrogen and oxygen atoms in total. The van der Waals surface area contributed by atoms with Gasteiger partial charge in [-0.3, -0.25) is 0 Å². The van der Waals surface area contributed by atoms with E-state index in [1.165, 1.54) is 34.6 Å². The van der Waals surface area contributed by atoms with E-state index in [2.05, 4.69) is 17.9 Å². The van der Waals surface area contributed by atoms with Crippen molar-refractivity contribution in [2.75, 3.05) is 37.7 Å². The highest BCUT2D eigenvalue weighted by molar-refractivity contribution is 7.90. The van der Waals surface area contributed by atoms with Crippen molar-refractivity contribution in [1.82, 2.24) is 9.62 Å². The first-order chi connectivity index (χ1) is 16.6. The Morgan fingerprint density at radius 3 is 2.22 bits per heavy atom. The van der Waals surface area contributed by atoms with E-state index >= 15 is 0 Å². The molecule has 3 rings (SSSR count). The highest BCUT2D eigenvalue weighted by atomic mass is 32.2. The Morgan fingerprint density at radius 2 is 1.67 bits per heavy atom. The largest absolute Gasteiger partial charge is 0.421 e. The number of halogens is 3. The van der Waals surface area contributed by atoms with E-state index < -0.39 is 27.3 Å². The van der Waals surface area contributed by atoms with Crippen molar-refractivity contribution in [2.24, 2.45) is 0 Å². The second-order valence-corrected chi connectivity index (χ2v) is 12.1. The van der Waals surface area contributed by atoms with E-state index in [1.54, 1.807) is 32.0 Å². The van der Waals surface area contributed by atoms with Gasteiger partial charge in [-0.25, -0.2) is 8.42 Å². The van der Waals surface area contributed by atoms with Crippen LogP contribution < -0.4 is 10.2 Å². The van der Waals surface area contributed by atoms with Crippen LogP contribution in [0.15, 0.2) is 58.3 Å². The Bertz CT molecular complexity index is 1160. The van der Waals surface area contributed by atoms with Gasteiger partial charge in [-0.05, 0) is 50.6 Å². The zero-order chi connectivity index (χ0) is 26.9. The van der Waals surface area contributed by atoms with Crippen molar-refractivity contribution in [1.29, 1.82) is 0 Å². The van der Waals surface area contributed by atoms with E-state index in [0.29, 0.717) is 24.1 Å². The second-order valence-electron chi connectivity index (χ2n) is 9.72. The maximum atomic E-state index is 13.4. The molecule has 0 bridgehead atoms. The number of rotatable bonds is 8. The molecule has 36 heavy (non-hydrogen) atoms. The van der Waals surface area contributed by atoms with Gasteiger partial charge in [0.15, 0.2) is 5.60 Å². The molecule has 1 aliphatic heterocycles. The predicted molar refractivity (Wildman–Crippen MR) is 135 cm³/mol. The number of sulfonamides is 1. The van der Waals surface area contributed by atoms with Gasteiger partial charge in [0, 0.05) is 42.3 Å². The molecular formula is C24H32F3N3O4S2. The molecule has 2 aromatic rings. The fourth-order valence-corrected chi connectivity index (χ4v) is 6.02. The maximum Gasteiger partial charge on any atom is 0.421 e. The number of nitrogens with zero attached hydrogens (tertiary/aromatic N) is 2. The summed E-state index contributed by atoms with van der Waals surface area (Å²) in [4.78, 5) is 2.36. The average molecular weight is 548 g/mol. The van der Waals surface area contributed by atoms with Crippen LogP contribution in [0.3, 0.4) is 0 Å². The first kappa shape index (κ1) is 28.7. The number of nitrogens with one attached hydrogen (secondary N) is 1. The van der Waals surface area contributed by atoms with Crippen molar-refractivity contribution in [2.45, 2.75) is 53.9 Å². The number of aliphatic hydroxyl groups is 2. The van der Waals surface area contributed by atoms with Crippen LogP contribution in [0.1, 0.15) is 26.3 Å². The molecule has 1 heterocycles. The minimum absolute atomic E-state index is 0.0999. The minimum atomic E-state index is -4.83. The number of anilines is 1. The van der Waals surface area contributed by atoms with Gasteiger partial charge in [-0.2, -0.15) is 17.5 Å². The summed E-state index contributed by atoms with van der Waals surface area (Å²) in [6.07, 6.45) is -4.83. The Morgan fingerprint density at radius 1 is 1.06 bits per heavy atom. The van der Waals surface area contributed by atoms with Crippen molar-refractivity contribution in [3.63, 3.8) is 0 Å². The van der Waals surface area contributed by atoms with Crippen LogP contribution in [0, 0.1) is 0 Å². The average Bonchev–Trinajstić information content (AvgIpc) is 2.82. The zero-order valence-corrected chi connectivity index (χ0v) is 22.0. The van der Waals surface area contributed by atoms with Crippen molar-refractivity contribution < 1.29 is 31.8 Å². The number of thiol groups is 1. The molecule has 0 aliphatic carbocycles. The third-order valence-corrected chi connectivity index (χ3v) is 8.92. The summed E-state index contributed by atoms with van der Waals surface area (Å²) in [7, 11) is -3.84.